The Balaban J connectivity index is 2.82. The molecule has 80 valence electrons. The Labute approximate surface area is 87.3 Å². The second kappa shape index (κ2) is 4.21. The summed E-state index contributed by atoms with van der Waals surface area (Å²) < 4.78 is 5.16. The monoisotopic (exact) mass is 208 g/mol. The van der Waals surface area contributed by atoms with E-state index in [4.69, 9.17) is 4.42 Å². The molecule has 1 aromatic heterocycles. The zero-order valence-electron chi connectivity index (χ0n) is 8.92. The Bertz CT molecular complexity index is 426. The molecule has 0 fully saturated rings. The van der Waals surface area contributed by atoms with Gasteiger partial charge in [-0.1, -0.05) is 0 Å². The Morgan fingerprint density at radius 2 is 1.87 bits per heavy atom. The molecule has 4 heteroatoms. The molecule has 0 radical (unpaired) electrons. The second-order valence-electron chi connectivity index (χ2n) is 3.41. The highest BCUT2D eigenvalue weighted by molar-refractivity contribution is 6.40. The summed E-state index contributed by atoms with van der Waals surface area (Å²) in [5.74, 6) is -0.538. The van der Waals surface area contributed by atoms with E-state index < -0.39 is 11.6 Å². The van der Waals surface area contributed by atoms with E-state index in [1.807, 2.05) is 0 Å². The molecular weight excluding hydrogens is 196 g/mol. The third kappa shape index (κ3) is 2.62. The fourth-order valence-corrected chi connectivity index (χ4v) is 1.27. The van der Waals surface area contributed by atoms with E-state index >= 15 is 0 Å². The first-order valence-electron chi connectivity index (χ1n) is 4.56. The van der Waals surface area contributed by atoms with Gasteiger partial charge in [-0.05, 0) is 19.9 Å². The van der Waals surface area contributed by atoms with Crippen LogP contribution in [0, 0.1) is 13.8 Å². The first-order chi connectivity index (χ1) is 6.91. The van der Waals surface area contributed by atoms with Crippen LogP contribution in [0.4, 0.5) is 0 Å². The lowest BCUT2D eigenvalue weighted by atomic mass is 10.1. The lowest BCUT2D eigenvalue weighted by molar-refractivity contribution is -0.134. The molecule has 1 rings (SSSR count). The van der Waals surface area contributed by atoms with Gasteiger partial charge in [-0.15, -0.1) is 0 Å². The lowest BCUT2D eigenvalue weighted by Gasteiger charge is -1.95. The van der Waals surface area contributed by atoms with Crippen molar-refractivity contribution in [1.82, 2.24) is 0 Å². The molecule has 15 heavy (non-hydrogen) atoms. The normalized spacial score (nSPS) is 10.1. The number of rotatable bonds is 4. The van der Waals surface area contributed by atoms with Crippen LogP contribution in [-0.4, -0.2) is 17.3 Å². The van der Waals surface area contributed by atoms with Crippen molar-refractivity contribution in [2.24, 2.45) is 0 Å². The van der Waals surface area contributed by atoms with E-state index in [-0.39, 0.29) is 12.2 Å². The number of furan rings is 1. The second-order valence-corrected chi connectivity index (χ2v) is 3.41. The zero-order chi connectivity index (χ0) is 11.6. The number of hydrogen-bond donors (Lipinski definition) is 0. The van der Waals surface area contributed by atoms with Crippen LogP contribution in [0.2, 0.25) is 0 Å². The molecule has 0 unspecified atom stereocenters. The number of ketones is 3. The van der Waals surface area contributed by atoms with E-state index in [9.17, 15) is 14.4 Å². The van der Waals surface area contributed by atoms with Crippen LogP contribution < -0.4 is 0 Å². The van der Waals surface area contributed by atoms with Gasteiger partial charge in [-0.2, -0.15) is 0 Å². The van der Waals surface area contributed by atoms with Crippen molar-refractivity contribution in [3.63, 3.8) is 0 Å². The van der Waals surface area contributed by atoms with Crippen LogP contribution in [0.1, 0.15) is 35.2 Å². The van der Waals surface area contributed by atoms with Gasteiger partial charge in [0.2, 0.25) is 5.78 Å². The Hall–Kier alpha value is -1.71. The van der Waals surface area contributed by atoms with E-state index in [2.05, 4.69) is 0 Å². The molecule has 0 saturated carbocycles. The largest absolute Gasteiger partial charge is 0.466 e. The van der Waals surface area contributed by atoms with Crippen LogP contribution in [0.3, 0.4) is 0 Å². The van der Waals surface area contributed by atoms with E-state index in [1.165, 1.54) is 0 Å². The van der Waals surface area contributed by atoms with Gasteiger partial charge in [0.05, 0.1) is 12.0 Å². The van der Waals surface area contributed by atoms with Gasteiger partial charge in [-0.25, -0.2) is 0 Å². The smallest absolute Gasteiger partial charge is 0.205 e. The van der Waals surface area contributed by atoms with Crippen molar-refractivity contribution >= 4 is 17.3 Å². The van der Waals surface area contributed by atoms with Crippen LogP contribution in [-0.2, 0) is 9.59 Å². The minimum Gasteiger partial charge on any atom is -0.466 e. The predicted octanol–water partition coefficient (Wildman–Crippen LogP) is 1.63. The highest BCUT2D eigenvalue weighted by Gasteiger charge is 2.18. The molecule has 4 nitrogen and oxygen atoms in total. The highest BCUT2D eigenvalue weighted by Crippen LogP contribution is 2.15. The molecule has 1 aromatic rings. The Kier molecular flexibility index (Phi) is 3.19. The van der Waals surface area contributed by atoms with Gasteiger partial charge in [0.1, 0.15) is 11.5 Å². The average Bonchev–Trinajstić information content (AvgIpc) is 2.44. The third-order valence-corrected chi connectivity index (χ3v) is 2.06. The van der Waals surface area contributed by atoms with Crippen molar-refractivity contribution < 1.29 is 18.8 Å². The highest BCUT2D eigenvalue weighted by atomic mass is 16.3. The van der Waals surface area contributed by atoms with Crippen molar-refractivity contribution in [3.05, 3.63) is 23.2 Å². The van der Waals surface area contributed by atoms with Gasteiger partial charge in [0, 0.05) is 6.92 Å². The van der Waals surface area contributed by atoms with E-state index in [0.717, 1.165) is 6.92 Å². The third-order valence-electron chi connectivity index (χ3n) is 2.06. The standard InChI is InChI=1S/C11H12O4/c1-6-4-9(8(3)15-6)11(14)5-10(13)7(2)12/h4H,5H2,1-3H3. The summed E-state index contributed by atoms with van der Waals surface area (Å²) in [7, 11) is 0. The molecule has 0 aromatic carbocycles. The quantitative estimate of drug-likeness (QED) is 0.428. The fraction of sp³-hybridized carbons (Fsp3) is 0.364. The van der Waals surface area contributed by atoms with Crippen LogP contribution >= 0.6 is 0 Å². The summed E-state index contributed by atoms with van der Waals surface area (Å²) in [6.07, 6.45) is -0.380. The SMILES string of the molecule is CC(=O)C(=O)CC(=O)c1cc(C)oc1C. The molecule has 0 saturated heterocycles. The average molecular weight is 208 g/mol. The number of carbonyl (C=O) groups excluding carboxylic acids is 3. The van der Waals surface area contributed by atoms with Crippen LogP contribution in [0.5, 0.6) is 0 Å². The van der Waals surface area contributed by atoms with E-state index in [1.54, 1.807) is 19.9 Å². The number of hydrogen-bond acceptors (Lipinski definition) is 4. The van der Waals surface area contributed by atoms with Crippen LogP contribution in [0.25, 0.3) is 0 Å². The molecule has 0 aliphatic heterocycles. The maximum Gasteiger partial charge on any atom is 0.205 e. The number of carbonyl (C=O) groups is 3. The number of aryl methyl sites for hydroxylation is 2. The van der Waals surface area contributed by atoms with Crippen molar-refractivity contribution in [1.29, 1.82) is 0 Å². The first-order valence-corrected chi connectivity index (χ1v) is 4.56. The molecular formula is C11H12O4. The van der Waals surface area contributed by atoms with Crippen molar-refractivity contribution in [3.8, 4) is 0 Å². The summed E-state index contributed by atoms with van der Waals surface area (Å²) >= 11 is 0. The summed E-state index contributed by atoms with van der Waals surface area (Å²) in [6, 6.07) is 1.57. The number of Topliss-reactive ketones (excluding diaryl/α,β-unsaturated/α-hetero) is 3. The van der Waals surface area contributed by atoms with Crippen LogP contribution in [0.15, 0.2) is 10.5 Å². The fourth-order valence-electron chi connectivity index (χ4n) is 1.27. The minimum atomic E-state index is -0.668. The van der Waals surface area contributed by atoms with Gasteiger partial charge in [-0.3, -0.25) is 14.4 Å². The maximum absolute atomic E-state index is 11.6. The molecule has 0 amide bonds. The maximum atomic E-state index is 11.6. The van der Waals surface area contributed by atoms with E-state index in [0.29, 0.717) is 17.1 Å². The zero-order valence-corrected chi connectivity index (χ0v) is 8.92. The lowest BCUT2D eigenvalue weighted by Crippen LogP contribution is -2.15. The molecule has 0 atom stereocenters. The molecule has 1 heterocycles. The summed E-state index contributed by atoms with van der Waals surface area (Å²) in [4.78, 5) is 33.3. The summed E-state index contributed by atoms with van der Waals surface area (Å²) in [5, 5.41) is 0. The summed E-state index contributed by atoms with van der Waals surface area (Å²) in [5.41, 5.74) is 0.377. The molecule has 0 aliphatic rings. The van der Waals surface area contributed by atoms with Crippen molar-refractivity contribution in [2.75, 3.05) is 0 Å². The van der Waals surface area contributed by atoms with Gasteiger partial charge < -0.3 is 4.42 Å². The molecule has 0 spiro atoms. The predicted molar refractivity (Wildman–Crippen MR) is 52.8 cm³/mol. The Morgan fingerprint density at radius 3 is 2.27 bits per heavy atom. The van der Waals surface area contributed by atoms with Gasteiger partial charge in [0.25, 0.3) is 0 Å². The van der Waals surface area contributed by atoms with Crippen molar-refractivity contribution in [2.45, 2.75) is 27.2 Å². The molecule has 0 aliphatic carbocycles. The molecule has 0 N–H and O–H groups in total. The molecule has 0 bridgehead atoms. The minimum absolute atomic E-state index is 0.371. The van der Waals surface area contributed by atoms with Gasteiger partial charge in [0.15, 0.2) is 11.6 Å². The summed E-state index contributed by atoms with van der Waals surface area (Å²) in [6.45, 7) is 4.53. The topological polar surface area (TPSA) is 64.3 Å². The first kappa shape index (κ1) is 11.4. The van der Waals surface area contributed by atoms with Gasteiger partial charge >= 0.3 is 0 Å². The Morgan fingerprint density at radius 1 is 1.27 bits per heavy atom.